The summed E-state index contributed by atoms with van der Waals surface area (Å²) in [7, 11) is 0. The van der Waals surface area contributed by atoms with Gasteiger partial charge in [0.25, 0.3) is 5.91 Å². The molecule has 1 aliphatic heterocycles. The summed E-state index contributed by atoms with van der Waals surface area (Å²) in [5, 5.41) is 16.2. The summed E-state index contributed by atoms with van der Waals surface area (Å²) in [6, 6.07) is 4.32. The molecule has 0 aromatic carbocycles. The van der Waals surface area contributed by atoms with Crippen LogP contribution < -0.4 is 10.6 Å². The fourth-order valence-corrected chi connectivity index (χ4v) is 2.95. The van der Waals surface area contributed by atoms with Crippen LogP contribution in [0.4, 0.5) is 0 Å². The molecule has 1 aliphatic rings. The number of hydrogen-bond acceptors (Lipinski definition) is 5. The Balaban J connectivity index is 1.59. The van der Waals surface area contributed by atoms with Crippen molar-refractivity contribution in [1.29, 1.82) is 0 Å². The van der Waals surface area contributed by atoms with Gasteiger partial charge in [0.2, 0.25) is 0 Å². The van der Waals surface area contributed by atoms with E-state index in [0.29, 0.717) is 18.3 Å². The van der Waals surface area contributed by atoms with Crippen LogP contribution in [0.3, 0.4) is 0 Å². The van der Waals surface area contributed by atoms with Crippen LogP contribution in [0.15, 0.2) is 23.7 Å². The van der Waals surface area contributed by atoms with Crippen molar-refractivity contribution < 1.29 is 4.79 Å². The molecule has 1 saturated heterocycles. The summed E-state index contributed by atoms with van der Waals surface area (Å²) in [6.07, 6.45) is 3.80. The maximum Gasteiger partial charge on any atom is 0.273 e. The minimum atomic E-state index is -0.168. The number of piperidine rings is 1. The SMILES string of the molecule is O=C(NCc1cccs1)c1cn(C2CCNCC2)nn1. The van der Waals surface area contributed by atoms with Gasteiger partial charge < -0.3 is 10.6 Å². The van der Waals surface area contributed by atoms with Gasteiger partial charge in [0, 0.05) is 4.88 Å². The molecule has 20 heavy (non-hydrogen) atoms. The molecule has 0 spiro atoms. The average Bonchev–Trinajstić information content (AvgIpc) is 3.17. The molecule has 0 unspecified atom stereocenters. The first-order valence-corrected chi connectivity index (χ1v) is 7.64. The first-order chi connectivity index (χ1) is 9.83. The summed E-state index contributed by atoms with van der Waals surface area (Å²) in [6.45, 7) is 2.52. The van der Waals surface area contributed by atoms with Crippen molar-refractivity contribution in [2.45, 2.75) is 25.4 Å². The predicted molar refractivity (Wildman–Crippen MR) is 76.7 cm³/mol. The number of aromatic nitrogens is 3. The van der Waals surface area contributed by atoms with E-state index in [1.54, 1.807) is 17.5 Å². The molecule has 0 aliphatic carbocycles. The van der Waals surface area contributed by atoms with Crippen molar-refractivity contribution in [3.05, 3.63) is 34.3 Å². The molecule has 7 heteroatoms. The number of thiophene rings is 1. The molecule has 3 heterocycles. The lowest BCUT2D eigenvalue weighted by Gasteiger charge is -2.22. The lowest BCUT2D eigenvalue weighted by Crippen LogP contribution is -2.29. The van der Waals surface area contributed by atoms with Crippen molar-refractivity contribution >= 4 is 17.2 Å². The molecule has 2 N–H and O–H groups in total. The van der Waals surface area contributed by atoms with Gasteiger partial charge in [0.15, 0.2) is 5.69 Å². The van der Waals surface area contributed by atoms with Crippen LogP contribution in [0.5, 0.6) is 0 Å². The molecule has 6 nitrogen and oxygen atoms in total. The average molecular weight is 291 g/mol. The highest BCUT2D eigenvalue weighted by Crippen LogP contribution is 2.17. The molecule has 0 saturated carbocycles. The molecule has 2 aromatic heterocycles. The zero-order valence-electron chi connectivity index (χ0n) is 11.1. The van der Waals surface area contributed by atoms with Crippen LogP contribution in [0.2, 0.25) is 0 Å². The van der Waals surface area contributed by atoms with Crippen LogP contribution in [-0.2, 0) is 6.54 Å². The number of nitrogens with zero attached hydrogens (tertiary/aromatic N) is 3. The highest BCUT2D eigenvalue weighted by molar-refractivity contribution is 7.09. The van der Waals surface area contributed by atoms with E-state index in [1.165, 1.54) is 0 Å². The van der Waals surface area contributed by atoms with Crippen LogP contribution in [-0.4, -0.2) is 34.0 Å². The third kappa shape index (κ3) is 3.05. The third-order valence-corrected chi connectivity index (χ3v) is 4.31. The number of amides is 1. The van der Waals surface area contributed by atoms with Crippen molar-refractivity contribution in [1.82, 2.24) is 25.6 Å². The van der Waals surface area contributed by atoms with E-state index in [-0.39, 0.29) is 5.91 Å². The van der Waals surface area contributed by atoms with Gasteiger partial charge in [-0.15, -0.1) is 16.4 Å². The molecule has 1 amide bonds. The molecule has 0 bridgehead atoms. The largest absolute Gasteiger partial charge is 0.346 e. The van der Waals surface area contributed by atoms with Crippen molar-refractivity contribution in [2.75, 3.05) is 13.1 Å². The number of nitrogens with one attached hydrogen (secondary N) is 2. The van der Waals surface area contributed by atoms with Crippen LogP contribution in [0, 0.1) is 0 Å². The van der Waals surface area contributed by atoms with Gasteiger partial charge in [-0.1, -0.05) is 11.3 Å². The van der Waals surface area contributed by atoms with Gasteiger partial charge in [0.1, 0.15) is 0 Å². The van der Waals surface area contributed by atoms with Crippen molar-refractivity contribution in [3.63, 3.8) is 0 Å². The Labute approximate surface area is 121 Å². The molecular weight excluding hydrogens is 274 g/mol. The van der Waals surface area contributed by atoms with E-state index in [9.17, 15) is 4.79 Å². The Morgan fingerprint density at radius 1 is 1.50 bits per heavy atom. The highest BCUT2D eigenvalue weighted by atomic mass is 32.1. The quantitative estimate of drug-likeness (QED) is 0.888. The zero-order valence-corrected chi connectivity index (χ0v) is 11.9. The fourth-order valence-electron chi connectivity index (χ4n) is 2.30. The second kappa shape index (κ2) is 6.15. The number of rotatable bonds is 4. The normalized spacial score (nSPS) is 16.2. The molecule has 2 aromatic rings. The van der Waals surface area contributed by atoms with Crippen LogP contribution in [0.25, 0.3) is 0 Å². The molecule has 0 radical (unpaired) electrons. The predicted octanol–water partition coefficient (Wildman–Crippen LogP) is 1.19. The third-order valence-electron chi connectivity index (χ3n) is 3.43. The van der Waals surface area contributed by atoms with Crippen LogP contribution in [0.1, 0.15) is 34.2 Å². The summed E-state index contributed by atoms with van der Waals surface area (Å²) in [5.41, 5.74) is 0.389. The van der Waals surface area contributed by atoms with E-state index < -0.39 is 0 Å². The Morgan fingerprint density at radius 3 is 3.10 bits per heavy atom. The van der Waals surface area contributed by atoms with E-state index in [4.69, 9.17) is 0 Å². The highest BCUT2D eigenvalue weighted by Gasteiger charge is 2.18. The minimum absolute atomic E-state index is 0.168. The van der Waals surface area contributed by atoms with Gasteiger partial charge in [0.05, 0.1) is 18.8 Å². The van der Waals surface area contributed by atoms with E-state index in [2.05, 4.69) is 20.9 Å². The summed E-state index contributed by atoms with van der Waals surface area (Å²) in [4.78, 5) is 13.1. The Bertz CT molecular complexity index is 559. The summed E-state index contributed by atoms with van der Waals surface area (Å²) >= 11 is 1.63. The smallest absolute Gasteiger partial charge is 0.273 e. The molecule has 1 fully saturated rings. The first kappa shape index (κ1) is 13.3. The Hall–Kier alpha value is -1.73. The summed E-state index contributed by atoms with van der Waals surface area (Å²) < 4.78 is 1.82. The lowest BCUT2D eigenvalue weighted by atomic mass is 10.1. The Morgan fingerprint density at radius 2 is 2.35 bits per heavy atom. The zero-order chi connectivity index (χ0) is 13.8. The van der Waals surface area contributed by atoms with E-state index in [1.807, 2.05) is 22.2 Å². The topological polar surface area (TPSA) is 71.8 Å². The van der Waals surface area contributed by atoms with E-state index in [0.717, 1.165) is 30.8 Å². The van der Waals surface area contributed by atoms with Gasteiger partial charge in [-0.05, 0) is 37.4 Å². The van der Waals surface area contributed by atoms with E-state index >= 15 is 0 Å². The van der Waals surface area contributed by atoms with Gasteiger partial charge in [-0.2, -0.15) is 0 Å². The monoisotopic (exact) mass is 291 g/mol. The molecule has 106 valence electrons. The first-order valence-electron chi connectivity index (χ1n) is 6.76. The van der Waals surface area contributed by atoms with Crippen molar-refractivity contribution in [2.24, 2.45) is 0 Å². The number of hydrogen-bond donors (Lipinski definition) is 2. The van der Waals surface area contributed by atoms with Crippen LogP contribution >= 0.6 is 11.3 Å². The Kier molecular flexibility index (Phi) is 4.08. The number of carbonyl (C=O) groups excluding carboxylic acids is 1. The van der Waals surface area contributed by atoms with Gasteiger partial charge in [-0.3, -0.25) is 4.79 Å². The fraction of sp³-hybridized carbons (Fsp3) is 0.462. The maximum absolute atomic E-state index is 12.0. The second-order valence-corrected chi connectivity index (χ2v) is 5.86. The molecular formula is C13H17N5OS. The molecule has 3 rings (SSSR count). The minimum Gasteiger partial charge on any atom is -0.346 e. The molecule has 0 atom stereocenters. The second-order valence-electron chi connectivity index (χ2n) is 4.83. The van der Waals surface area contributed by atoms with Gasteiger partial charge >= 0.3 is 0 Å². The van der Waals surface area contributed by atoms with Crippen molar-refractivity contribution in [3.8, 4) is 0 Å². The maximum atomic E-state index is 12.0. The standard InChI is InChI=1S/C13H17N5OS/c19-13(15-8-11-2-1-7-20-11)12-9-18(17-16-12)10-3-5-14-6-4-10/h1-2,7,9-10,14H,3-6,8H2,(H,15,19). The number of carbonyl (C=O) groups is 1. The lowest BCUT2D eigenvalue weighted by molar-refractivity contribution is 0.0946. The van der Waals surface area contributed by atoms with Gasteiger partial charge in [-0.25, -0.2) is 4.68 Å². The summed E-state index contributed by atoms with van der Waals surface area (Å²) in [5.74, 6) is -0.168.